The maximum atomic E-state index is 12.6. The summed E-state index contributed by atoms with van der Waals surface area (Å²) < 4.78 is 33.4. The summed E-state index contributed by atoms with van der Waals surface area (Å²) in [4.78, 5) is 10.3. The van der Waals surface area contributed by atoms with Gasteiger partial charge in [0.25, 0.3) is 15.7 Å². The molecule has 0 bridgehead atoms. The second-order valence-electron chi connectivity index (χ2n) is 6.42. The van der Waals surface area contributed by atoms with E-state index in [2.05, 4.69) is 4.72 Å². The molecule has 3 aromatic rings. The Kier molecular flexibility index (Phi) is 6.13. The summed E-state index contributed by atoms with van der Waals surface area (Å²) in [7, 11) is -3.98. The molecular formula is C21H20N2O5S. The van der Waals surface area contributed by atoms with Gasteiger partial charge in [-0.05, 0) is 30.7 Å². The van der Waals surface area contributed by atoms with Gasteiger partial charge in [-0.1, -0.05) is 42.5 Å². The minimum atomic E-state index is -3.98. The van der Waals surface area contributed by atoms with Gasteiger partial charge in [-0.25, -0.2) is 8.42 Å². The van der Waals surface area contributed by atoms with Gasteiger partial charge in [-0.3, -0.25) is 14.8 Å². The fourth-order valence-electron chi connectivity index (χ4n) is 2.75. The molecule has 0 atom stereocenters. The van der Waals surface area contributed by atoms with Crippen LogP contribution in [-0.2, 0) is 16.4 Å². The van der Waals surface area contributed by atoms with Gasteiger partial charge >= 0.3 is 0 Å². The van der Waals surface area contributed by atoms with E-state index in [4.69, 9.17) is 4.74 Å². The maximum Gasteiger partial charge on any atom is 0.273 e. The van der Waals surface area contributed by atoms with Crippen molar-refractivity contribution in [3.63, 3.8) is 0 Å². The van der Waals surface area contributed by atoms with Gasteiger partial charge in [0.05, 0.1) is 22.1 Å². The van der Waals surface area contributed by atoms with Gasteiger partial charge in [0.2, 0.25) is 0 Å². The van der Waals surface area contributed by atoms with Crippen molar-refractivity contribution in [1.29, 1.82) is 0 Å². The van der Waals surface area contributed by atoms with Crippen LogP contribution in [0.5, 0.6) is 5.75 Å². The predicted octanol–water partition coefficient (Wildman–Crippen LogP) is 4.33. The van der Waals surface area contributed by atoms with Crippen LogP contribution in [0.2, 0.25) is 0 Å². The van der Waals surface area contributed by atoms with Crippen molar-refractivity contribution in [3.8, 4) is 5.75 Å². The van der Waals surface area contributed by atoms with Gasteiger partial charge in [-0.15, -0.1) is 0 Å². The number of ether oxygens (including phenoxy) is 1. The zero-order valence-electron chi connectivity index (χ0n) is 15.7. The van der Waals surface area contributed by atoms with Crippen LogP contribution in [0.1, 0.15) is 11.1 Å². The summed E-state index contributed by atoms with van der Waals surface area (Å²) in [5.41, 5.74) is 1.60. The van der Waals surface area contributed by atoms with Crippen molar-refractivity contribution in [2.75, 3.05) is 11.3 Å². The van der Waals surface area contributed by atoms with Crippen LogP contribution >= 0.6 is 0 Å². The van der Waals surface area contributed by atoms with Crippen molar-refractivity contribution in [1.82, 2.24) is 0 Å². The molecule has 0 unspecified atom stereocenters. The molecule has 7 nitrogen and oxygen atoms in total. The lowest BCUT2D eigenvalue weighted by atomic mass is 10.2. The smallest absolute Gasteiger partial charge is 0.273 e. The highest BCUT2D eigenvalue weighted by Gasteiger charge is 2.20. The van der Waals surface area contributed by atoms with E-state index < -0.39 is 14.9 Å². The molecule has 0 spiro atoms. The van der Waals surface area contributed by atoms with Crippen LogP contribution in [0.4, 0.5) is 11.4 Å². The van der Waals surface area contributed by atoms with Crippen molar-refractivity contribution < 1.29 is 18.1 Å². The number of sulfonamides is 1. The molecule has 8 heteroatoms. The number of nitrogens with one attached hydrogen (secondary N) is 1. The first-order valence-corrected chi connectivity index (χ1v) is 10.4. The lowest BCUT2D eigenvalue weighted by Gasteiger charge is -2.11. The fourth-order valence-corrected chi connectivity index (χ4v) is 3.82. The summed E-state index contributed by atoms with van der Waals surface area (Å²) in [6, 6.07) is 20.3. The molecule has 0 amide bonds. The summed E-state index contributed by atoms with van der Waals surface area (Å²) in [6.45, 7) is 2.00. The number of hydrogen-bond donors (Lipinski definition) is 1. The number of nitro benzene ring substituents is 1. The molecule has 1 N–H and O–H groups in total. The normalized spacial score (nSPS) is 11.1. The Hall–Kier alpha value is -3.39. The number of hydrogen-bond acceptors (Lipinski definition) is 5. The third-order valence-corrected chi connectivity index (χ3v) is 5.66. The first-order valence-electron chi connectivity index (χ1n) is 8.90. The molecule has 150 valence electrons. The van der Waals surface area contributed by atoms with Crippen molar-refractivity contribution >= 4 is 21.4 Å². The molecule has 0 fully saturated rings. The maximum absolute atomic E-state index is 12.6. The molecule has 0 saturated heterocycles. The first-order chi connectivity index (χ1) is 13.8. The van der Waals surface area contributed by atoms with Gasteiger partial charge in [0, 0.05) is 24.1 Å². The average Bonchev–Trinajstić information content (AvgIpc) is 2.69. The standard InChI is InChI=1S/C21H20N2O5S/c1-16-10-11-20(15-21(16)23(24)25)29(26,27)22-18-8-5-9-19(14-18)28-13-12-17-6-3-2-4-7-17/h2-11,14-15,22H,12-13H2,1H3. The van der Waals surface area contributed by atoms with E-state index >= 15 is 0 Å². The first kappa shape index (κ1) is 20.3. The van der Waals surface area contributed by atoms with Crippen LogP contribution in [0, 0.1) is 17.0 Å². The third-order valence-electron chi connectivity index (χ3n) is 4.28. The van der Waals surface area contributed by atoms with Crippen LogP contribution in [0.3, 0.4) is 0 Å². The predicted molar refractivity (Wildman–Crippen MR) is 111 cm³/mol. The molecule has 0 aliphatic carbocycles. The lowest BCUT2D eigenvalue weighted by molar-refractivity contribution is -0.385. The van der Waals surface area contributed by atoms with E-state index in [0.717, 1.165) is 18.1 Å². The highest BCUT2D eigenvalue weighted by atomic mass is 32.2. The lowest BCUT2D eigenvalue weighted by Crippen LogP contribution is -2.13. The number of nitro groups is 1. The highest BCUT2D eigenvalue weighted by Crippen LogP contribution is 2.25. The van der Waals surface area contributed by atoms with Crippen LogP contribution in [-0.4, -0.2) is 19.9 Å². The number of benzene rings is 3. The van der Waals surface area contributed by atoms with Gasteiger partial charge in [-0.2, -0.15) is 0 Å². The van der Waals surface area contributed by atoms with E-state index in [1.807, 2.05) is 30.3 Å². The quantitative estimate of drug-likeness (QED) is 0.439. The van der Waals surface area contributed by atoms with E-state index in [1.54, 1.807) is 31.2 Å². The number of rotatable bonds is 8. The molecule has 3 aromatic carbocycles. The summed E-state index contributed by atoms with van der Waals surface area (Å²) in [5.74, 6) is 0.524. The topological polar surface area (TPSA) is 98.5 Å². The zero-order valence-corrected chi connectivity index (χ0v) is 16.6. The second-order valence-corrected chi connectivity index (χ2v) is 8.11. The largest absolute Gasteiger partial charge is 0.493 e. The van der Waals surface area contributed by atoms with E-state index in [0.29, 0.717) is 23.6 Å². The summed E-state index contributed by atoms with van der Waals surface area (Å²) >= 11 is 0. The van der Waals surface area contributed by atoms with E-state index in [-0.39, 0.29) is 10.6 Å². The van der Waals surface area contributed by atoms with E-state index in [9.17, 15) is 18.5 Å². The molecule has 29 heavy (non-hydrogen) atoms. The number of anilines is 1. The average molecular weight is 412 g/mol. The third kappa shape index (κ3) is 5.32. The number of aryl methyl sites for hydroxylation is 1. The molecule has 0 aliphatic heterocycles. The minimum Gasteiger partial charge on any atom is -0.493 e. The Morgan fingerprint density at radius 3 is 2.48 bits per heavy atom. The van der Waals surface area contributed by atoms with Gasteiger partial charge < -0.3 is 4.74 Å². The fraction of sp³-hybridized carbons (Fsp3) is 0.143. The molecule has 0 aliphatic rings. The van der Waals surface area contributed by atoms with Gasteiger partial charge in [0.15, 0.2) is 0 Å². The molecule has 0 heterocycles. The molecule has 0 saturated carbocycles. The highest BCUT2D eigenvalue weighted by molar-refractivity contribution is 7.92. The SMILES string of the molecule is Cc1ccc(S(=O)(=O)Nc2cccc(OCCc3ccccc3)c2)cc1[N+](=O)[O-]. The minimum absolute atomic E-state index is 0.176. The van der Waals surface area contributed by atoms with E-state index in [1.165, 1.54) is 12.1 Å². The van der Waals surface area contributed by atoms with Crippen molar-refractivity contribution in [3.05, 3.63) is 94.0 Å². The Balaban J connectivity index is 1.70. The molecular weight excluding hydrogens is 392 g/mol. The van der Waals surface area contributed by atoms with Crippen LogP contribution in [0.15, 0.2) is 77.7 Å². The van der Waals surface area contributed by atoms with Crippen molar-refractivity contribution in [2.24, 2.45) is 0 Å². The van der Waals surface area contributed by atoms with Crippen molar-refractivity contribution in [2.45, 2.75) is 18.2 Å². The zero-order chi connectivity index (χ0) is 20.9. The molecule has 0 aromatic heterocycles. The summed E-state index contributed by atoms with van der Waals surface area (Å²) in [5, 5.41) is 11.1. The Labute approximate surface area is 169 Å². The second kappa shape index (κ2) is 8.74. The molecule has 0 radical (unpaired) electrons. The van der Waals surface area contributed by atoms with Crippen LogP contribution in [0.25, 0.3) is 0 Å². The summed E-state index contributed by atoms with van der Waals surface area (Å²) in [6.07, 6.45) is 0.726. The Morgan fingerprint density at radius 2 is 1.76 bits per heavy atom. The van der Waals surface area contributed by atoms with Crippen LogP contribution < -0.4 is 9.46 Å². The molecule has 3 rings (SSSR count). The monoisotopic (exact) mass is 412 g/mol. The number of nitrogens with zero attached hydrogens (tertiary/aromatic N) is 1. The van der Waals surface area contributed by atoms with Gasteiger partial charge in [0.1, 0.15) is 5.75 Å². The Bertz CT molecular complexity index is 1110. The Morgan fingerprint density at radius 1 is 1.00 bits per heavy atom.